The molecule has 0 atom stereocenters. The average molecular weight is 424 g/mol. The lowest BCUT2D eigenvalue weighted by Crippen LogP contribution is -2.50. The van der Waals surface area contributed by atoms with E-state index in [4.69, 9.17) is 5.10 Å². The van der Waals surface area contributed by atoms with E-state index in [1.165, 1.54) is 0 Å². The molecule has 8 heteroatoms. The van der Waals surface area contributed by atoms with E-state index in [1.807, 2.05) is 51.5 Å². The molecule has 3 heterocycles. The van der Waals surface area contributed by atoms with Gasteiger partial charge in [0.1, 0.15) is 5.69 Å². The van der Waals surface area contributed by atoms with Crippen LogP contribution in [0.4, 0.5) is 0 Å². The molecule has 4 rings (SSSR count). The van der Waals surface area contributed by atoms with Gasteiger partial charge in [-0.2, -0.15) is 5.10 Å². The Hall–Kier alpha value is -2.97. The molecule has 0 radical (unpaired) electrons. The molecule has 3 aromatic rings. The number of hydrogen-bond donors (Lipinski definition) is 1. The van der Waals surface area contributed by atoms with E-state index in [2.05, 4.69) is 22.3 Å². The number of aromatic nitrogens is 2. The van der Waals surface area contributed by atoms with Crippen molar-refractivity contribution in [3.05, 3.63) is 65.2 Å². The zero-order valence-corrected chi connectivity index (χ0v) is 17.8. The molecule has 0 spiro atoms. The first-order valence-electron chi connectivity index (χ1n) is 10.0. The number of nitrogens with one attached hydrogen (secondary N) is 1. The highest BCUT2D eigenvalue weighted by Crippen LogP contribution is 2.28. The highest BCUT2D eigenvalue weighted by atomic mass is 32.1. The number of carbonyl (C=O) groups is 2. The van der Waals surface area contributed by atoms with Gasteiger partial charge in [-0.1, -0.05) is 36.4 Å². The van der Waals surface area contributed by atoms with Crippen molar-refractivity contribution in [2.75, 3.05) is 39.8 Å². The molecule has 2 amide bonds. The van der Waals surface area contributed by atoms with Gasteiger partial charge < -0.3 is 10.2 Å². The van der Waals surface area contributed by atoms with Crippen LogP contribution in [-0.2, 0) is 11.3 Å². The first-order chi connectivity index (χ1) is 14.6. The van der Waals surface area contributed by atoms with Gasteiger partial charge in [0, 0.05) is 39.4 Å². The molecule has 156 valence electrons. The molecule has 2 aromatic heterocycles. The first-order valence-corrected chi connectivity index (χ1v) is 10.9. The van der Waals surface area contributed by atoms with E-state index >= 15 is 0 Å². The fourth-order valence-electron chi connectivity index (χ4n) is 3.59. The molecule has 1 saturated heterocycles. The summed E-state index contributed by atoms with van der Waals surface area (Å²) in [4.78, 5) is 29.9. The average Bonchev–Trinajstić information content (AvgIpc) is 3.44. The Bertz CT molecular complexity index is 992. The van der Waals surface area contributed by atoms with E-state index < -0.39 is 0 Å². The second-order valence-corrected chi connectivity index (χ2v) is 8.24. The first kappa shape index (κ1) is 20.3. The maximum absolute atomic E-state index is 13.3. The monoisotopic (exact) mass is 423 g/mol. The summed E-state index contributed by atoms with van der Waals surface area (Å²) in [6.07, 6.45) is 1.86. The van der Waals surface area contributed by atoms with Gasteiger partial charge >= 0.3 is 0 Å². The van der Waals surface area contributed by atoms with Crippen LogP contribution in [0.5, 0.6) is 0 Å². The van der Waals surface area contributed by atoms with Crippen molar-refractivity contribution >= 4 is 23.2 Å². The molecular formula is C22H25N5O2S. The highest BCUT2D eigenvalue weighted by Gasteiger charge is 2.27. The van der Waals surface area contributed by atoms with Crippen LogP contribution < -0.4 is 5.32 Å². The van der Waals surface area contributed by atoms with Crippen molar-refractivity contribution in [3.63, 3.8) is 0 Å². The Morgan fingerprint density at radius 1 is 1.07 bits per heavy atom. The number of amides is 2. The third-order valence-corrected chi connectivity index (χ3v) is 6.12. The maximum Gasteiger partial charge on any atom is 0.257 e. The molecule has 7 nitrogen and oxygen atoms in total. The van der Waals surface area contributed by atoms with Crippen molar-refractivity contribution in [1.29, 1.82) is 0 Å². The van der Waals surface area contributed by atoms with Crippen LogP contribution in [0.2, 0.25) is 0 Å². The fourth-order valence-corrected chi connectivity index (χ4v) is 4.31. The SMILES string of the molecule is CNC(=O)CN1CCN(C(=O)c2cn(Cc3ccccc3)nc2-c2cccs2)CC1. The summed E-state index contributed by atoms with van der Waals surface area (Å²) < 4.78 is 1.85. The number of piperazine rings is 1. The Morgan fingerprint density at radius 3 is 2.50 bits per heavy atom. The summed E-state index contributed by atoms with van der Waals surface area (Å²) in [5.74, 6) is -0.00532. The van der Waals surface area contributed by atoms with Gasteiger partial charge in [0.15, 0.2) is 0 Å². The van der Waals surface area contributed by atoms with Crippen molar-refractivity contribution < 1.29 is 9.59 Å². The predicted octanol–water partition coefficient (Wildman–Crippen LogP) is 2.16. The zero-order chi connectivity index (χ0) is 20.9. The van der Waals surface area contributed by atoms with Crippen LogP contribution in [0.3, 0.4) is 0 Å². The number of nitrogens with zero attached hydrogens (tertiary/aromatic N) is 4. The van der Waals surface area contributed by atoms with E-state index in [0.29, 0.717) is 44.8 Å². The number of likely N-dealkylation sites (N-methyl/N-ethyl adjacent to an activating group) is 1. The molecule has 0 bridgehead atoms. The number of rotatable bonds is 6. The second kappa shape index (κ2) is 9.23. The maximum atomic E-state index is 13.3. The number of carbonyl (C=O) groups excluding carboxylic acids is 2. The molecule has 1 N–H and O–H groups in total. The van der Waals surface area contributed by atoms with Crippen LogP contribution in [0.25, 0.3) is 10.6 Å². The Morgan fingerprint density at radius 2 is 1.83 bits per heavy atom. The second-order valence-electron chi connectivity index (χ2n) is 7.29. The minimum Gasteiger partial charge on any atom is -0.358 e. The van der Waals surface area contributed by atoms with Crippen molar-refractivity contribution in [2.45, 2.75) is 6.54 Å². The van der Waals surface area contributed by atoms with Crippen LogP contribution in [0.15, 0.2) is 54.0 Å². The van der Waals surface area contributed by atoms with E-state index in [9.17, 15) is 9.59 Å². The smallest absolute Gasteiger partial charge is 0.257 e. The number of hydrogen-bond acceptors (Lipinski definition) is 5. The minimum absolute atomic E-state index is 0.00250. The molecule has 1 fully saturated rings. The summed E-state index contributed by atoms with van der Waals surface area (Å²) in [6, 6.07) is 14.1. The third kappa shape index (κ3) is 4.60. The summed E-state index contributed by atoms with van der Waals surface area (Å²) in [7, 11) is 1.64. The van der Waals surface area contributed by atoms with Gasteiger partial charge in [-0.25, -0.2) is 0 Å². The molecule has 1 aliphatic rings. The summed E-state index contributed by atoms with van der Waals surface area (Å²) in [5.41, 5.74) is 2.51. The summed E-state index contributed by atoms with van der Waals surface area (Å²) in [5, 5.41) is 9.39. The van der Waals surface area contributed by atoms with E-state index in [0.717, 1.165) is 16.1 Å². The normalized spacial score (nSPS) is 14.6. The van der Waals surface area contributed by atoms with Crippen LogP contribution in [0.1, 0.15) is 15.9 Å². The summed E-state index contributed by atoms with van der Waals surface area (Å²) >= 11 is 1.58. The van der Waals surface area contributed by atoms with Crippen LogP contribution in [0, 0.1) is 0 Å². The predicted molar refractivity (Wildman–Crippen MR) is 117 cm³/mol. The molecule has 1 aromatic carbocycles. The largest absolute Gasteiger partial charge is 0.358 e. The number of thiophene rings is 1. The Labute approximate surface area is 179 Å². The van der Waals surface area contributed by atoms with Gasteiger partial charge in [0.25, 0.3) is 5.91 Å². The molecule has 0 unspecified atom stereocenters. The van der Waals surface area contributed by atoms with Gasteiger partial charge in [-0.15, -0.1) is 11.3 Å². The topological polar surface area (TPSA) is 70.5 Å². The van der Waals surface area contributed by atoms with Crippen molar-refractivity contribution in [2.24, 2.45) is 0 Å². The standard InChI is InChI=1S/C22H25N5O2S/c1-23-20(28)16-25-9-11-26(12-10-25)22(29)18-15-27(14-17-6-3-2-4-7-17)24-21(18)19-8-5-13-30-19/h2-8,13,15H,9-12,14,16H2,1H3,(H,23,28). The quantitative estimate of drug-likeness (QED) is 0.660. The van der Waals surface area contributed by atoms with Crippen molar-refractivity contribution in [1.82, 2.24) is 24.9 Å². The third-order valence-electron chi connectivity index (χ3n) is 5.24. The van der Waals surface area contributed by atoms with Gasteiger partial charge in [0.2, 0.25) is 5.91 Å². The summed E-state index contributed by atoms with van der Waals surface area (Å²) in [6.45, 7) is 3.56. The lowest BCUT2D eigenvalue weighted by Gasteiger charge is -2.34. The molecular weight excluding hydrogens is 398 g/mol. The van der Waals surface area contributed by atoms with Gasteiger partial charge in [-0.05, 0) is 17.0 Å². The van der Waals surface area contributed by atoms with Gasteiger partial charge in [0.05, 0.1) is 23.5 Å². The fraction of sp³-hybridized carbons (Fsp3) is 0.318. The highest BCUT2D eigenvalue weighted by molar-refractivity contribution is 7.13. The Balaban J connectivity index is 1.52. The lowest BCUT2D eigenvalue weighted by atomic mass is 10.1. The minimum atomic E-state index is -0.00283. The Kier molecular flexibility index (Phi) is 6.25. The molecule has 30 heavy (non-hydrogen) atoms. The van der Waals surface area contributed by atoms with E-state index in [1.54, 1.807) is 18.4 Å². The molecule has 1 aliphatic heterocycles. The van der Waals surface area contributed by atoms with Crippen LogP contribution >= 0.6 is 11.3 Å². The number of benzene rings is 1. The lowest BCUT2D eigenvalue weighted by molar-refractivity contribution is -0.122. The van der Waals surface area contributed by atoms with Gasteiger partial charge in [-0.3, -0.25) is 19.2 Å². The van der Waals surface area contributed by atoms with E-state index in [-0.39, 0.29) is 11.8 Å². The van der Waals surface area contributed by atoms with Crippen LogP contribution in [-0.4, -0.2) is 71.2 Å². The molecule has 0 saturated carbocycles. The zero-order valence-electron chi connectivity index (χ0n) is 17.0. The van der Waals surface area contributed by atoms with Crippen molar-refractivity contribution in [3.8, 4) is 10.6 Å². The molecule has 0 aliphatic carbocycles.